The summed E-state index contributed by atoms with van der Waals surface area (Å²) in [5.74, 6) is 0. The van der Waals surface area contributed by atoms with E-state index in [0.29, 0.717) is 6.04 Å². The molecular weight excluding hydrogens is 232 g/mol. The van der Waals surface area contributed by atoms with Crippen molar-refractivity contribution in [3.05, 3.63) is 15.6 Å². The number of rotatable bonds is 6. The number of hydrogen-bond donors (Lipinski definition) is 1. The van der Waals surface area contributed by atoms with E-state index in [2.05, 4.69) is 38.0 Å². The molecule has 0 saturated carbocycles. The van der Waals surface area contributed by atoms with E-state index in [9.17, 15) is 0 Å². The van der Waals surface area contributed by atoms with Gasteiger partial charge in [0.15, 0.2) is 0 Å². The minimum absolute atomic E-state index is 0.0528. The number of aryl methyl sites for hydroxylation is 2. The van der Waals surface area contributed by atoms with Crippen LogP contribution in [0.25, 0.3) is 0 Å². The molecule has 3 nitrogen and oxygen atoms in total. The first-order valence-corrected chi connectivity index (χ1v) is 6.87. The first-order chi connectivity index (χ1) is 7.89. The summed E-state index contributed by atoms with van der Waals surface area (Å²) in [6.45, 7) is 8.41. The van der Waals surface area contributed by atoms with Crippen molar-refractivity contribution in [2.75, 3.05) is 14.2 Å². The minimum atomic E-state index is -0.0528. The van der Waals surface area contributed by atoms with Crippen molar-refractivity contribution in [3.63, 3.8) is 0 Å². The van der Waals surface area contributed by atoms with Crippen LogP contribution in [0.4, 0.5) is 0 Å². The van der Waals surface area contributed by atoms with Gasteiger partial charge in [0, 0.05) is 18.0 Å². The number of nitrogens with one attached hydrogen (secondary N) is 1. The third-order valence-corrected chi connectivity index (χ3v) is 4.38. The fourth-order valence-electron chi connectivity index (χ4n) is 1.87. The molecule has 0 aliphatic rings. The third kappa shape index (κ3) is 4.05. The molecule has 1 rings (SSSR count). The Hall–Kier alpha value is -0.450. The maximum absolute atomic E-state index is 5.46. The van der Waals surface area contributed by atoms with Crippen LogP contribution in [0, 0.1) is 13.8 Å². The molecule has 4 heteroatoms. The smallest absolute Gasteiger partial charge is 0.0900 e. The molecule has 1 aromatic heterocycles. The van der Waals surface area contributed by atoms with Gasteiger partial charge in [-0.25, -0.2) is 4.98 Å². The number of aromatic nitrogens is 1. The summed E-state index contributed by atoms with van der Waals surface area (Å²) >= 11 is 1.79. The summed E-state index contributed by atoms with van der Waals surface area (Å²) in [6, 6.07) is 0.385. The maximum Gasteiger partial charge on any atom is 0.0900 e. The van der Waals surface area contributed by atoms with Crippen molar-refractivity contribution in [3.8, 4) is 0 Å². The highest BCUT2D eigenvalue weighted by Crippen LogP contribution is 2.30. The average Bonchev–Trinajstić information content (AvgIpc) is 2.59. The van der Waals surface area contributed by atoms with E-state index in [1.54, 1.807) is 18.4 Å². The lowest BCUT2D eigenvalue weighted by atomic mass is 9.98. The molecule has 0 amide bonds. The Kier molecular flexibility index (Phi) is 5.10. The molecule has 1 N–H and O–H groups in total. The standard InChI is InChI=1S/C13H24N2OS/c1-9-12(17-10(2)15-9)11(14-5)7-8-13(3,4)16-6/h11,14H,7-8H2,1-6H3. The largest absolute Gasteiger partial charge is 0.379 e. The molecule has 1 heterocycles. The molecule has 0 aromatic carbocycles. The minimum Gasteiger partial charge on any atom is -0.379 e. The Balaban J connectivity index is 2.70. The molecule has 0 saturated heterocycles. The molecule has 1 unspecified atom stereocenters. The molecular formula is C13H24N2OS. The Bertz CT molecular complexity index is 360. The molecule has 0 aliphatic carbocycles. The first-order valence-electron chi connectivity index (χ1n) is 6.06. The van der Waals surface area contributed by atoms with Gasteiger partial charge in [-0.1, -0.05) is 0 Å². The molecule has 0 aliphatic heterocycles. The second kappa shape index (κ2) is 5.94. The van der Waals surface area contributed by atoms with E-state index in [1.165, 1.54) is 4.88 Å². The fourth-order valence-corrected chi connectivity index (χ4v) is 2.94. The van der Waals surface area contributed by atoms with Gasteiger partial charge in [-0.05, 0) is 47.6 Å². The Morgan fingerprint density at radius 1 is 1.41 bits per heavy atom. The van der Waals surface area contributed by atoms with Gasteiger partial charge in [0.1, 0.15) is 0 Å². The normalized spacial score (nSPS) is 14.0. The zero-order valence-electron chi connectivity index (χ0n) is 11.8. The summed E-state index contributed by atoms with van der Waals surface area (Å²) in [5, 5.41) is 4.53. The zero-order valence-corrected chi connectivity index (χ0v) is 12.6. The van der Waals surface area contributed by atoms with Crippen LogP contribution in [0.5, 0.6) is 0 Å². The van der Waals surface area contributed by atoms with Gasteiger partial charge < -0.3 is 10.1 Å². The van der Waals surface area contributed by atoms with Crippen LogP contribution in [0.1, 0.15) is 48.3 Å². The second-order valence-corrected chi connectivity index (χ2v) is 6.26. The van der Waals surface area contributed by atoms with Crippen LogP contribution in [0.3, 0.4) is 0 Å². The maximum atomic E-state index is 5.46. The second-order valence-electron chi connectivity index (χ2n) is 5.03. The lowest BCUT2D eigenvalue weighted by Crippen LogP contribution is -2.25. The monoisotopic (exact) mass is 256 g/mol. The van der Waals surface area contributed by atoms with Gasteiger partial charge in [0.05, 0.1) is 16.3 Å². The van der Waals surface area contributed by atoms with Crippen molar-refractivity contribution in [2.45, 2.75) is 52.2 Å². The van der Waals surface area contributed by atoms with E-state index in [0.717, 1.165) is 23.5 Å². The summed E-state index contributed by atoms with van der Waals surface area (Å²) in [5.41, 5.74) is 1.10. The van der Waals surface area contributed by atoms with E-state index in [1.807, 2.05) is 7.05 Å². The molecule has 0 radical (unpaired) electrons. The highest BCUT2D eigenvalue weighted by molar-refractivity contribution is 7.11. The average molecular weight is 256 g/mol. The lowest BCUT2D eigenvalue weighted by Gasteiger charge is -2.25. The predicted octanol–water partition coefficient (Wildman–Crippen LogP) is 3.23. The van der Waals surface area contributed by atoms with Gasteiger partial charge in [-0.15, -0.1) is 11.3 Å². The zero-order chi connectivity index (χ0) is 13.1. The molecule has 1 aromatic rings. The third-order valence-electron chi connectivity index (χ3n) is 3.19. The SMILES string of the molecule is CNC(CCC(C)(C)OC)c1sc(C)nc1C. The molecule has 1 atom stereocenters. The number of ether oxygens (including phenoxy) is 1. The molecule has 17 heavy (non-hydrogen) atoms. The Morgan fingerprint density at radius 3 is 2.47 bits per heavy atom. The van der Waals surface area contributed by atoms with Gasteiger partial charge in [-0.3, -0.25) is 0 Å². The Morgan fingerprint density at radius 2 is 2.06 bits per heavy atom. The molecule has 0 bridgehead atoms. The highest BCUT2D eigenvalue weighted by atomic mass is 32.1. The van der Waals surface area contributed by atoms with Crippen molar-refractivity contribution < 1.29 is 4.74 Å². The molecule has 98 valence electrons. The van der Waals surface area contributed by atoms with Gasteiger partial charge in [-0.2, -0.15) is 0 Å². The molecule has 0 spiro atoms. The van der Waals surface area contributed by atoms with E-state index in [4.69, 9.17) is 4.74 Å². The predicted molar refractivity (Wildman–Crippen MR) is 73.7 cm³/mol. The van der Waals surface area contributed by atoms with Crippen molar-refractivity contribution in [1.29, 1.82) is 0 Å². The number of hydrogen-bond acceptors (Lipinski definition) is 4. The van der Waals surface area contributed by atoms with Crippen molar-refractivity contribution >= 4 is 11.3 Å². The number of methoxy groups -OCH3 is 1. The summed E-state index contributed by atoms with van der Waals surface area (Å²) in [6.07, 6.45) is 2.10. The van der Waals surface area contributed by atoms with Crippen LogP contribution in [-0.4, -0.2) is 24.7 Å². The van der Waals surface area contributed by atoms with Gasteiger partial charge in [0.25, 0.3) is 0 Å². The van der Waals surface area contributed by atoms with E-state index in [-0.39, 0.29) is 5.60 Å². The van der Waals surface area contributed by atoms with Crippen LogP contribution in [-0.2, 0) is 4.74 Å². The lowest BCUT2D eigenvalue weighted by molar-refractivity contribution is 0.0119. The summed E-state index contributed by atoms with van der Waals surface area (Å²) < 4.78 is 5.46. The van der Waals surface area contributed by atoms with E-state index < -0.39 is 0 Å². The van der Waals surface area contributed by atoms with Crippen molar-refractivity contribution in [1.82, 2.24) is 10.3 Å². The topological polar surface area (TPSA) is 34.1 Å². The first kappa shape index (κ1) is 14.6. The van der Waals surface area contributed by atoms with Gasteiger partial charge in [0.2, 0.25) is 0 Å². The van der Waals surface area contributed by atoms with Crippen LogP contribution in [0.15, 0.2) is 0 Å². The fraction of sp³-hybridized carbons (Fsp3) is 0.769. The summed E-state index contributed by atoms with van der Waals surface area (Å²) in [7, 11) is 3.79. The highest BCUT2D eigenvalue weighted by Gasteiger charge is 2.21. The number of thiazole rings is 1. The molecule has 0 fully saturated rings. The number of nitrogens with zero attached hydrogens (tertiary/aromatic N) is 1. The van der Waals surface area contributed by atoms with Gasteiger partial charge >= 0.3 is 0 Å². The Labute approximate surface area is 109 Å². The van der Waals surface area contributed by atoms with Crippen LogP contribution >= 0.6 is 11.3 Å². The quantitative estimate of drug-likeness (QED) is 0.848. The van der Waals surface area contributed by atoms with Crippen LogP contribution < -0.4 is 5.32 Å². The summed E-state index contributed by atoms with van der Waals surface area (Å²) in [4.78, 5) is 5.85. The van der Waals surface area contributed by atoms with Crippen LogP contribution in [0.2, 0.25) is 0 Å². The van der Waals surface area contributed by atoms with Crippen molar-refractivity contribution in [2.24, 2.45) is 0 Å². The van der Waals surface area contributed by atoms with E-state index >= 15 is 0 Å².